The molecule has 0 aliphatic carbocycles. The van der Waals surface area contributed by atoms with Crippen LogP contribution in [-0.2, 0) is 5.41 Å². The Balaban J connectivity index is 2.66. The van der Waals surface area contributed by atoms with E-state index in [-0.39, 0.29) is 10.4 Å². The Kier molecular flexibility index (Phi) is 4.72. The Hall–Kier alpha value is -0.950. The third-order valence-electron chi connectivity index (χ3n) is 2.98. The molecule has 0 saturated heterocycles. The number of benzene rings is 1. The fourth-order valence-corrected chi connectivity index (χ4v) is 3.31. The number of nitrogens with zero attached hydrogens (tertiary/aromatic N) is 2. The minimum Gasteiger partial charge on any atom is -0.372 e. The first-order chi connectivity index (χ1) is 9.74. The number of rotatable bonds is 2. The summed E-state index contributed by atoms with van der Waals surface area (Å²) < 4.78 is 14.6. The van der Waals surface area contributed by atoms with Crippen LogP contribution in [0.1, 0.15) is 26.5 Å². The van der Waals surface area contributed by atoms with Gasteiger partial charge < -0.3 is 5.32 Å². The van der Waals surface area contributed by atoms with Crippen LogP contribution >= 0.6 is 34.2 Å². The molecule has 3 nitrogen and oxygen atoms in total. The van der Waals surface area contributed by atoms with Gasteiger partial charge in [0.1, 0.15) is 11.6 Å². The molecule has 0 amide bonds. The highest BCUT2D eigenvalue weighted by Gasteiger charge is 2.23. The predicted molar refractivity (Wildman–Crippen MR) is 93.4 cm³/mol. The summed E-state index contributed by atoms with van der Waals surface area (Å²) in [5.41, 5.74) is 1.40. The molecule has 0 radical (unpaired) electrons. The van der Waals surface area contributed by atoms with Crippen molar-refractivity contribution >= 4 is 40.0 Å². The average molecular weight is 420 g/mol. The Morgan fingerprint density at radius 1 is 1.24 bits per heavy atom. The van der Waals surface area contributed by atoms with Crippen molar-refractivity contribution in [2.45, 2.75) is 26.2 Å². The first kappa shape index (κ1) is 16.4. The van der Waals surface area contributed by atoms with Gasteiger partial charge in [-0.2, -0.15) is 0 Å². The van der Waals surface area contributed by atoms with Crippen LogP contribution in [0.4, 0.5) is 10.2 Å². The lowest BCUT2D eigenvalue weighted by Crippen LogP contribution is -2.18. The van der Waals surface area contributed by atoms with E-state index in [4.69, 9.17) is 11.6 Å². The van der Waals surface area contributed by atoms with Crippen molar-refractivity contribution in [2.75, 3.05) is 12.4 Å². The quantitative estimate of drug-likeness (QED) is 0.705. The maximum atomic E-state index is 13.7. The van der Waals surface area contributed by atoms with Gasteiger partial charge in [-0.1, -0.05) is 32.4 Å². The molecule has 21 heavy (non-hydrogen) atoms. The van der Waals surface area contributed by atoms with Gasteiger partial charge in [0.25, 0.3) is 0 Å². The lowest BCUT2D eigenvalue weighted by Gasteiger charge is -2.21. The maximum Gasteiger partial charge on any atom is 0.161 e. The maximum absolute atomic E-state index is 13.7. The number of hydrogen-bond acceptors (Lipinski definition) is 3. The van der Waals surface area contributed by atoms with Gasteiger partial charge >= 0.3 is 0 Å². The third kappa shape index (κ3) is 3.45. The highest BCUT2D eigenvalue weighted by atomic mass is 127. The van der Waals surface area contributed by atoms with E-state index in [1.807, 2.05) is 7.05 Å². The van der Waals surface area contributed by atoms with E-state index in [0.29, 0.717) is 11.4 Å². The van der Waals surface area contributed by atoms with Gasteiger partial charge in [-0.15, -0.1) is 0 Å². The van der Waals surface area contributed by atoms with Crippen molar-refractivity contribution in [3.8, 4) is 11.4 Å². The van der Waals surface area contributed by atoms with Crippen LogP contribution in [0.2, 0.25) is 5.02 Å². The molecule has 0 bridgehead atoms. The second-order valence-electron chi connectivity index (χ2n) is 5.69. The second-order valence-corrected chi connectivity index (χ2v) is 7.17. The molecule has 2 aromatic rings. The first-order valence-electron chi connectivity index (χ1n) is 6.45. The van der Waals surface area contributed by atoms with Crippen LogP contribution in [0.25, 0.3) is 11.4 Å². The SMILES string of the molecule is CNc1nc(-c2ccc(Cl)c(F)c2)nc(C(C)(C)C)c1I. The first-order valence-corrected chi connectivity index (χ1v) is 7.91. The van der Waals surface area contributed by atoms with E-state index in [9.17, 15) is 4.39 Å². The normalized spacial score (nSPS) is 11.6. The molecule has 1 aromatic heterocycles. The van der Waals surface area contributed by atoms with E-state index < -0.39 is 5.82 Å². The summed E-state index contributed by atoms with van der Waals surface area (Å²) in [5.74, 6) is 0.751. The van der Waals surface area contributed by atoms with Gasteiger partial charge in [0.15, 0.2) is 5.82 Å². The van der Waals surface area contributed by atoms with Gasteiger partial charge in [0.05, 0.1) is 14.3 Å². The van der Waals surface area contributed by atoms with Crippen LogP contribution in [0.3, 0.4) is 0 Å². The van der Waals surface area contributed by atoms with Crippen LogP contribution in [0.5, 0.6) is 0 Å². The second kappa shape index (κ2) is 6.04. The van der Waals surface area contributed by atoms with Crippen molar-refractivity contribution in [1.82, 2.24) is 9.97 Å². The van der Waals surface area contributed by atoms with Crippen molar-refractivity contribution in [1.29, 1.82) is 0 Å². The van der Waals surface area contributed by atoms with Gasteiger partial charge in [0.2, 0.25) is 0 Å². The zero-order valence-electron chi connectivity index (χ0n) is 12.3. The molecule has 0 spiro atoms. The molecule has 1 N–H and O–H groups in total. The molecule has 1 heterocycles. The highest BCUT2D eigenvalue weighted by molar-refractivity contribution is 14.1. The molecule has 0 saturated carbocycles. The fourth-order valence-electron chi connectivity index (χ4n) is 1.87. The minimum atomic E-state index is -0.473. The predicted octanol–water partition coefficient (Wildman–Crippen LogP) is 4.88. The lowest BCUT2D eigenvalue weighted by molar-refractivity contribution is 0.564. The topological polar surface area (TPSA) is 37.8 Å². The largest absolute Gasteiger partial charge is 0.372 e. The molecular weight excluding hydrogens is 404 g/mol. The number of halogens is 3. The summed E-state index contributed by atoms with van der Waals surface area (Å²) in [5, 5.41) is 3.16. The minimum absolute atomic E-state index is 0.0918. The van der Waals surface area contributed by atoms with Gasteiger partial charge in [-0.05, 0) is 40.8 Å². The highest BCUT2D eigenvalue weighted by Crippen LogP contribution is 2.32. The zero-order valence-corrected chi connectivity index (χ0v) is 15.2. The van der Waals surface area contributed by atoms with Crippen LogP contribution in [-0.4, -0.2) is 17.0 Å². The van der Waals surface area contributed by atoms with Crippen LogP contribution in [0, 0.1) is 9.39 Å². The molecule has 6 heteroatoms. The fraction of sp³-hybridized carbons (Fsp3) is 0.333. The molecule has 1 aromatic carbocycles. The number of aromatic nitrogens is 2. The Morgan fingerprint density at radius 2 is 1.90 bits per heavy atom. The van der Waals surface area contributed by atoms with Crippen molar-refractivity contribution in [2.24, 2.45) is 0 Å². The summed E-state index contributed by atoms with van der Waals surface area (Å²) in [6, 6.07) is 4.60. The van der Waals surface area contributed by atoms with Gasteiger partial charge in [-0.3, -0.25) is 0 Å². The number of anilines is 1. The van der Waals surface area contributed by atoms with E-state index in [1.54, 1.807) is 6.07 Å². The van der Waals surface area contributed by atoms with Crippen LogP contribution < -0.4 is 5.32 Å². The molecular formula is C15H16ClFIN3. The zero-order chi connectivity index (χ0) is 15.8. The average Bonchev–Trinajstić information content (AvgIpc) is 2.41. The molecule has 112 valence electrons. The Labute approximate surface area is 142 Å². The summed E-state index contributed by atoms with van der Waals surface area (Å²) in [6.07, 6.45) is 0. The lowest BCUT2D eigenvalue weighted by atomic mass is 9.91. The Morgan fingerprint density at radius 3 is 2.43 bits per heavy atom. The smallest absolute Gasteiger partial charge is 0.161 e. The van der Waals surface area contributed by atoms with Gasteiger partial charge in [-0.25, -0.2) is 14.4 Å². The molecule has 0 aliphatic rings. The third-order valence-corrected chi connectivity index (χ3v) is 4.30. The molecule has 2 rings (SSSR count). The van der Waals surface area contributed by atoms with E-state index >= 15 is 0 Å². The molecule has 0 fully saturated rings. The van der Waals surface area contributed by atoms with Crippen molar-refractivity contribution in [3.05, 3.63) is 38.3 Å². The van der Waals surface area contributed by atoms with E-state index in [2.05, 4.69) is 58.6 Å². The standard InChI is InChI=1S/C15H16ClFIN3/c1-15(2,3)12-11(18)14(19-4)21-13(20-12)8-5-6-9(16)10(17)7-8/h5-7H,1-4H3,(H,19,20,21). The Bertz CT molecular complexity index is 683. The van der Waals surface area contributed by atoms with Gasteiger partial charge in [0, 0.05) is 18.0 Å². The summed E-state index contributed by atoms with van der Waals surface area (Å²) >= 11 is 7.96. The monoisotopic (exact) mass is 419 g/mol. The van der Waals surface area contributed by atoms with Crippen LogP contribution in [0.15, 0.2) is 18.2 Å². The molecule has 0 unspecified atom stereocenters. The number of nitrogens with one attached hydrogen (secondary N) is 1. The van der Waals surface area contributed by atoms with Crippen molar-refractivity contribution in [3.63, 3.8) is 0 Å². The van der Waals surface area contributed by atoms with E-state index in [1.165, 1.54) is 12.1 Å². The summed E-state index contributed by atoms with van der Waals surface area (Å²) in [6.45, 7) is 6.26. The molecule has 0 atom stereocenters. The van der Waals surface area contributed by atoms with E-state index in [0.717, 1.165) is 15.1 Å². The van der Waals surface area contributed by atoms with Crippen molar-refractivity contribution < 1.29 is 4.39 Å². The summed E-state index contributed by atoms with van der Waals surface area (Å²) in [7, 11) is 1.81. The number of hydrogen-bond donors (Lipinski definition) is 1. The summed E-state index contributed by atoms with van der Waals surface area (Å²) in [4.78, 5) is 9.09. The molecule has 0 aliphatic heterocycles.